The predicted molar refractivity (Wildman–Crippen MR) is 85.7 cm³/mol. The normalized spacial score (nSPS) is 11.1. The minimum Gasteiger partial charge on any atom is -0.372 e. The molecule has 0 aliphatic heterocycles. The highest BCUT2D eigenvalue weighted by Gasteiger charge is 2.12. The Morgan fingerprint density at radius 3 is 2.65 bits per heavy atom. The Balaban J connectivity index is 2.71. The molecule has 0 bridgehead atoms. The third-order valence-corrected chi connectivity index (χ3v) is 3.42. The van der Waals surface area contributed by atoms with Crippen molar-refractivity contribution in [3.63, 3.8) is 0 Å². The van der Waals surface area contributed by atoms with Gasteiger partial charge in [0.2, 0.25) is 0 Å². The van der Waals surface area contributed by atoms with Gasteiger partial charge in [0.15, 0.2) is 0 Å². The number of anilines is 1. The van der Waals surface area contributed by atoms with Crippen molar-refractivity contribution in [2.75, 3.05) is 25.0 Å². The summed E-state index contributed by atoms with van der Waals surface area (Å²) >= 11 is 0. The zero-order valence-electron chi connectivity index (χ0n) is 13.4. The second kappa shape index (κ2) is 8.96. The molecule has 0 spiro atoms. The quantitative estimate of drug-likeness (QED) is 0.682. The molecule has 0 saturated heterocycles. The van der Waals surface area contributed by atoms with Crippen LogP contribution >= 0.6 is 0 Å². The van der Waals surface area contributed by atoms with Crippen LogP contribution in [0.5, 0.6) is 0 Å². The molecule has 1 aromatic carbocycles. The van der Waals surface area contributed by atoms with Crippen LogP contribution in [0.2, 0.25) is 0 Å². The molecule has 0 fully saturated rings. The van der Waals surface area contributed by atoms with Gasteiger partial charge < -0.3 is 10.2 Å². The number of nitrogens with one attached hydrogen (secondary N) is 1. The first-order chi connectivity index (χ1) is 9.56. The molecular weight excluding hydrogens is 251 g/mol. The summed E-state index contributed by atoms with van der Waals surface area (Å²) < 4.78 is 14.1. The van der Waals surface area contributed by atoms with E-state index in [-0.39, 0.29) is 5.82 Å². The highest BCUT2D eigenvalue weighted by Crippen LogP contribution is 2.24. The van der Waals surface area contributed by atoms with Crippen molar-refractivity contribution in [1.29, 1.82) is 0 Å². The molecule has 0 aromatic heterocycles. The number of nitrogens with zero attached hydrogens (tertiary/aromatic N) is 1. The molecule has 2 nitrogen and oxygen atoms in total. The van der Waals surface area contributed by atoms with E-state index >= 15 is 0 Å². The van der Waals surface area contributed by atoms with Crippen molar-refractivity contribution in [3.8, 4) is 0 Å². The molecule has 0 unspecified atom stereocenters. The largest absolute Gasteiger partial charge is 0.372 e. The lowest BCUT2D eigenvalue weighted by Crippen LogP contribution is -2.24. The molecule has 0 aliphatic carbocycles. The zero-order valence-corrected chi connectivity index (χ0v) is 13.4. The molecule has 0 atom stereocenters. The number of rotatable bonds is 9. The molecule has 0 radical (unpaired) electrons. The predicted octanol–water partition coefficient (Wildman–Crippen LogP) is 4.20. The second-order valence-electron chi connectivity index (χ2n) is 5.90. The van der Waals surface area contributed by atoms with Gasteiger partial charge in [-0.15, -0.1) is 0 Å². The number of benzene rings is 1. The van der Waals surface area contributed by atoms with Crippen molar-refractivity contribution in [2.45, 2.75) is 46.6 Å². The summed E-state index contributed by atoms with van der Waals surface area (Å²) in [6.07, 6.45) is 3.49. The van der Waals surface area contributed by atoms with Crippen molar-refractivity contribution in [1.82, 2.24) is 5.32 Å². The molecule has 1 rings (SSSR count). The van der Waals surface area contributed by atoms with Crippen LogP contribution in [0.1, 0.15) is 45.6 Å². The first kappa shape index (κ1) is 17.0. The molecule has 0 heterocycles. The summed E-state index contributed by atoms with van der Waals surface area (Å²) in [6, 6.07) is 5.37. The van der Waals surface area contributed by atoms with E-state index in [4.69, 9.17) is 0 Å². The Kier molecular flexibility index (Phi) is 7.60. The van der Waals surface area contributed by atoms with Gasteiger partial charge in [0.25, 0.3) is 0 Å². The Morgan fingerprint density at radius 1 is 1.25 bits per heavy atom. The van der Waals surface area contributed by atoms with Crippen LogP contribution in [0.3, 0.4) is 0 Å². The van der Waals surface area contributed by atoms with Crippen molar-refractivity contribution < 1.29 is 4.39 Å². The Hall–Kier alpha value is -1.09. The van der Waals surface area contributed by atoms with Crippen LogP contribution in [-0.4, -0.2) is 20.1 Å². The molecule has 0 amide bonds. The summed E-state index contributed by atoms with van der Waals surface area (Å²) in [5, 5.41) is 3.40. The fourth-order valence-electron chi connectivity index (χ4n) is 2.34. The van der Waals surface area contributed by atoms with Crippen LogP contribution in [-0.2, 0) is 6.54 Å². The lowest BCUT2D eigenvalue weighted by Gasteiger charge is -2.23. The zero-order chi connectivity index (χ0) is 15.0. The van der Waals surface area contributed by atoms with Gasteiger partial charge >= 0.3 is 0 Å². The van der Waals surface area contributed by atoms with Crippen LogP contribution < -0.4 is 10.2 Å². The fraction of sp³-hybridized carbons (Fsp3) is 0.647. The van der Waals surface area contributed by atoms with Crippen LogP contribution in [0.15, 0.2) is 18.2 Å². The number of hydrogen-bond donors (Lipinski definition) is 1. The van der Waals surface area contributed by atoms with E-state index in [1.807, 2.05) is 13.1 Å². The van der Waals surface area contributed by atoms with E-state index in [0.29, 0.717) is 5.92 Å². The number of unbranched alkanes of at least 4 members (excludes halogenated alkanes) is 2. The van der Waals surface area contributed by atoms with Gasteiger partial charge in [-0.05, 0) is 30.5 Å². The van der Waals surface area contributed by atoms with Gasteiger partial charge in [-0.25, -0.2) is 4.39 Å². The lowest BCUT2D eigenvalue weighted by molar-refractivity contribution is 0.549. The van der Waals surface area contributed by atoms with Crippen LogP contribution in [0.25, 0.3) is 0 Å². The fourth-order valence-corrected chi connectivity index (χ4v) is 2.34. The molecule has 0 aliphatic rings. The smallest absolute Gasteiger partial charge is 0.146 e. The maximum Gasteiger partial charge on any atom is 0.146 e. The van der Waals surface area contributed by atoms with Gasteiger partial charge in [-0.2, -0.15) is 0 Å². The summed E-state index contributed by atoms with van der Waals surface area (Å²) in [4.78, 5) is 2.05. The molecule has 1 N–H and O–H groups in total. The van der Waals surface area contributed by atoms with Crippen molar-refractivity contribution in [2.24, 2.45) is 5.92 Å². The van der Waals surface area contributed by atoms with Gasteiger partial charge in [0.05, 0.1) is 5.69 Å². The van der Waals surface area contributed by atoms with E-state index in [1.54, 1.807) is 12.1 Å². The van der Waals surface area contributed by atoms with Gasteiger partial charge in [-0.1, -0.05) is 45.7 Å². The third-order valence-electron chi connectivity index (χ3n) is 3.42. The Bertz CT molecular complexity index is 391. The molecule has 114 valence electrons. The molecule has 3 heteroatoms. The summed E-state index contributed by atoms with van der Waals surface area (Å²) in [5.41, 5.74) is 1.80. The van der Waals surface area contributed by atoms with Gasteiger partial charge in [-0.3, -0.25) is 0 Å². The minimum absolute atomic E-state index is 0.118. The minimum atomic E-state index is -0.118. The maximum absolute atomic E-state index is 14.1. The van der Waals surface area contributed by atoms with E-state index in [9.17, 15) is 4.39 Å². The number of hydrogen-bond acceptors (Lipinski definition) is 2. The standard InChI is InChI=1S/C17H29FN2/c1-5-6-7-11-20(4)17-15(9-8-10-16(17)18)13-19-12-14(2)3/h8-10,14,19H,5-7,11-13H2,1-4H3. The van der Waals surface area contributed by atoms with Crippen molar-refractivity contribution in [3.05, 3.63) is 29.6 Å². The average molecular weight is 280 g/mol. The van der Waals surface area contributed by atoms with Gasteiger partial charge in [0.1, 0.15) is 5.82 Å². The monoisotopic (exact) mass is 280 g/mol. The first-order valence-corrected chi connectivity index (χ1v) is 7.75. The van der Waals surface area contributed by atoms with E-state index in [2.05, 4.69) is 31.0 Å². The first-order valence-electron chi connectivity index (χ1n) is 7.75. The maximum atomic E-state index is 14.1. The Labute approximate surface area is 123 Å². The van der Waals surface area contributed by atoms with Gasteiger partial charge in [0, 0.05) is 20.1 Å². The van der Waals surface area contributed by atoms with E-state index < -0.39 is 0 Å². The lowest BCUT2D eigenvalue weighted by atomic mass is 10.1. The molecule has 20 heavy (non-hydrogen) atoms. The topological polar surface area (TPSA) is 15.3 Å². The highest BCUT2D eigenvalue weighted by molar-refractivity contribution is 5.54. The van der Waals surface area contributed by atoms with Crippen LogP contribution in [0.4, 0.5) is 10.1 Å². The van der Waals surface area contributed by atoms with Crippen LogP contribution in [0, 0.1) is 11.7 Å². The third kappa shape index (κ3) is 5.49. The van der Waals surface area contributed by atoms with E-state index in [0.717, 1.165) is 37.3 Å². The summed E-state index contributed by atoms with van der Waals surface area (Å²) in [5.74, 6) is 0.488. The molecule has 0 saturated carbocycles. The van der Waals surface area contributed by atoms with Crippen molar-refractivity contribution >= 4 is 5.69 Å². The number of para-hydroxylation sites is 1. The molecule has 1 aromatic rings. The SMILES string of the molecule is CCCCCN(C)c1c(F)cccc1CNCC(C)C. The highest BCUT2D eigenvalue weighted by atomic mass is 19.1. The Morgan fingerprint density at radius 2 is 2.00 bits per heavy atom. The number of halogens is 1. The average Bonchev–Trinajstić information content (AvgIpc) is 2.38. The molecular formula is C17H29FN2. The van der Waals surface area contributed by atoms with E-state index in [1.165, 1.54) is 12.8 Å². The second-order valence-corrected chi connectivity index (χ2v) is 5.90. The summed E-state index contributed by atoms with van der Waals surface area (Å²) in [6.45, 7) is 9.13. The summed E-state index contributed by atoms with van der Waals surface area (Å²) in [7, 11) is 1.99.